The van der Waals surface area contributed by atoms with Crippen LogP contribution in [0.3, 0.4) is 0 Å². The molecular weight excluding hydrogens is 510 g/mol. The van der Waals surface area contributed by atoms with E-state index in [0.29, 0.717) is 16.7 Å². The Balaban J connectivity index is 1.77. The molecule has 1 aromatic heterocycles. The molecule has 0 saturated heterocycles. The van der Waals surface area contributed by atoms with E-state index in [0.717, 1.165) is 5.01 Å². The van der Waals surface area contributed by atoms with Gasteiger partial charge in [0.05, 0.1) is 22.5 Å². The normalized spacial score (nSPS) is 16.6. The number of nitriles is 1. The number of hydrogen-bond donors (Lipinski definition) is 1. The fraction of sp³-hybridized carbons (Fsp3) is 0.208. The summed E-state index contributed by atoms with van der Waals surface area (Å²) in [4.78, 5) is 3.97. The Kier molecular flexibility index (Phi) is 6.45. The fourth-order valence-corrected chi connectivity index (χ4v) is 4.09. The van der Waals surface area contributed by atoms with Crippen LogP contribution in [-0.2, 0) is 0 Å². The van der Waals surface area contributed by atoms with Gasteiger partial charge >= 0.3 is 12.4 Å². The van der Waals surface area contributed by atoms with E-state index >= 15 is 0 Å². The van der Waals surface area contributed by atoms with Crippen LogP contribution in [0.4, 0.5) is 32.0 Å². The minimum Gasteiger partial charge on any atom is -0.369 e. The first-order valence-electron chi connectivity index (χ1n) is 10.3. The molecule has 1 aliphatic rings. The highest BCUT2D eigenvalue weighted by Gasteiger charge is 2.74. The average molecular weight is 525 g/mol. The maximum atomic E-state index is 13.6. The summed E-state index contributed by atoms with van der Waals surface area (Å²) < 4.78 is 81.4. The number of halogens is 7. The van der Waals surface area contributed by atoms with Crippen molar-refractivity contribution in [3.8, 4) is 17.2 Å². The lowest BCUT2D eigenvalue weighted by Gasteiger charge is -2.32. The molecule has 1 unspecified atom stereocenters. The molecule has 0 fully saturated rings. The maximum Gasteiger partial charge on any atom is 0.431 e. The molecule has 1 N–H and O–H groups in total. The number of anilines is 1. The molecule has 2 heterocycles. The summed E-state index contributed by atoms with van der Waals surface area (Å²) in [6.45, 7) is 0. The molecule has 1 aliphatic heterocycles. The highest BCUT2D eigenvalue weighted by atomic mass is 35.5. The number of aliphatic hydroxyl groups is 1. The van der Waals surface area contributed by atoms with Crippen molar-refractivity contribution in [3.05, 3.63) is 83.1 Å². The van der Waals surface area contributed by atoms with Crippen LogP contribution in [-0.4, -0.2) is 33.8 Å². The van der Waals surface area contributed by atoms with Crippen molar-refractivity contribution in [2.24, 2.45) is 5.10 Å². The number of pyridine rings is 1. The molecule has 186 valence electrons. The summed E-state index contributed by atoms with van der Waals surface area (Å²) in [5, 5.41) is 23.5. The summed E-state index contributed by atoms with van der Waals surface area (Å²) in [5.74, 6) is 0. The Morgan fingerprint density at radius 1 is 0.917 bits per heavy atom. The third-order valence-corrected chi connectivity index (χ3v) is 6.07. The monoisotopic (exact) mass is 524 g/mol. The zero-order valence-electron chi connectivity index (χ0n) is 18.0. The van der Waals surface area contributed by atoms with Gasteiger partial charge in [0.15, 0.2) is 0 Å². The van der Waals surface area contributed by atoms with Crippen molar-refractivity contribution >= 4 is 23.0 Å². The topological polar surface area (TPSA) is 72.5 Å². The molecule has 12 heteroatoms. The zero-order valence-corrected chi connectivity index (χ0v) is 18.8. The highest BCUT2D eigenvalue weighted by Crippen LogP contribution is 2.49. The van der Waals surface area contributed by atoms with Gasteiger partial charge in [0.1, 0.15) is 11.8 Å². The van der Waals surface area contributed by atoms with Crippen molar-refractivity contribution in [1.82, 2.24) is 4.98 Å². The molecule has 0 spiro atoms. The molecule has 0 amide bonds. The molecule has 2 aromatic carbocycles. The molecule has 1 atom stereocenters. The van der Waals surface area contributed by atoms with Crippen molar-refractivity contribution < 1.29 is 31.4 Å². The number of nitrogens with zero attached hydrogens (tertiary/aromatic N) is 4. The number of alkyl halides is 6. The molecule has 4 rings (SSSR count). The first kappa shape index (κ1) is 25.5. The predicted octanol–water partition coefficient (Wildman–Crippen LogP) is 6.44. The van der Waals surface area contributed by atoms with E-state index in [1.54, 1.807) is 24.3 Å². The van der Waals surface area contributed by atoms with Gasteiger partial charge in [-0.05, 0) is 35.4 Å². The highest BCUT2D eigenvalue weighted by molar-refractivity contribution is 6.33. The molecule has 36 heavy (non-hydrogen) atoms. The van der Waals surface area contributed by atoms with Crippen LogP contribution in [0.15, 0.2) is 72.0 Å². The van der Waals surface area contributed by atoms with Crippen molar-refractivity contribution in [3.63, 3.8) is 0 Å². The lowest BCUT2D eigenvalue weighted by molar-refractivity contribution is -0.338. The predicted molar refractivity (Wildman–Crippen MR) is 120 cm³/mol. The average Bonchev–Trinajstić information content (AvgIpc) is 3.28. The van der Waals surface area contributed by atoms with E-state index in [1.807, 2.05) is 6.07 Å². The second-order valence-electron chi connectivity index (χ2n) is 7.93. The number of rotatable bonds is 4. The van der Waals surface area contributed by atoms with Gasteiger partial charge in [-0.2, -0.15) is 36.7 Å². The summed E-state index contributed by atoms with van der Waals surface area (Å²) in [5.41, 5.74) is -4.70. The Morgan fingerprint density at radius 2 is 1.53 bits per heavy atom. The van der Waals surface area contributed by atoms with E-state index in [2.05, 4.69) is 10.1 Å². The maximum absolute atomic E-state index is 13.6. The minimum atomic E-state index is -6.06. The zero-order chi connectivity index (χ0) is 26.3. The van der Waals surface area contributed by atoms with E-state index in [-0.39, 0.29) is 16.4 Å². The van der Waals surface area contributed by atoms with Crippen LogP contribution in [0.2, 0.25) is 5.02 Å². The van der Waals surface area contributed by atoms with E-state index in [1.165, 1.54) is 42.6 Å². The Bertz CT molecular complexity index is 1320. The first-order valence-corrected chi connectivity index (χ1v) is 10.7. The summed E-state index contributed by atoms with van der Waals surface area (Å²) in [6, 6.07) is 16.1. The smallest absolute Gasteiger partial charge is 0.369 e. The summed E-state index contributed by atoms with van der Waals surface area (Å²) >= 11 is 6.18. The van der Waals surface area contributed by atoms with Gasteiger partial charge in [0.2, 0.25) is 0 Å². The third kappa shape index (κ3) is 4.38. The molecule has 0 radical (unpaired) electrons. The van der Waals surface area contributed by atoms with Crippen LogP contribution in [0.25, 0.3) is 11.1 Å². The number of aromatic nitrogens is 1. The minimum absolute atomic E-state index is 0.0512. The Morgan fingerprint density at radius 3 is 2.06 bits per heavy atom. The van der Waals surface area contributed by atoms with Gasteiger partial charge in [0, 0.05) is 18.2 Å². The van der Waals surface area contributed by atoms with Crippen LogP contribution in [0.1, 0.15) is 23.7 Å². The lowest BCUT2D eigenvalue weighted by atomic mass is 9.89. The van der Waals surface area contributed by atoms with Crippen LogP contribution >= 0.6 is 11.6 Å². The van der Waals surface area contributed by atoms with Crippen LogP contribution in [0, 0.1) is 11.3 Å². The van der Waals surface area contributed by atoms with Crippen molar-refractivity contribution in [1.29, 1.82) is 5.26 Å². The molecule has 0 saturated carbocycles. The van der Waals surface area contributed by atoms with Gasteiger partial charge in [0.25, 0.3) is 5.60 Å². The van der Waals surface area contributed by atoms with Crippen molar-refractivity contribution in [2.75, 3.05) is 5.01 Å². The van der Waals surface area contributed by atoms with Crippen LogP contribution in [0.5, 0.6) is 0 Å². The Hall–Kier alpha value is -3.62. The quantitative estimate of drug-likeness (QED) is 0.399. The lowest BCUT2D eigenvalue weighted by Crippen LogP contribution is -2.62. The third-order valence-electron chi connectivity index (χ3n) is 5.75. The molecule has 5 nitrogen and oxygen atoms in total. The van der Waals surface area contributed by atoms with Gasteiger partial charge in [-0.25, -0.2) is 4.98 Å². The molecular formula is C24H15ClF6N4O. The second kappa shape index (κ2) is 9.11. The fourth-order valence-electron chi connectivity index (χ4n) is 3.86. The van der Waals surface area contributed by atoms with E-state index in [9.17, 15) is 31.4 Å². The number of para-hydroxylation sites is 1. The molecule has 0 aliphatic carbocycles. The Labute approximate surface area is 205 Å². The summed E-state index contributed by atoms with van der Waals surface area (Å²) in [7, 11) is 0. The number of hydrazone groups is 1. The first-order chi connectivity index (χ1) is 16.9. The van der Waals surface area contributed by atoms with Gasteiger partial charge in [-0.15, -0.1) is 0 Å². The second-order valence-corrected chi connectivity index (χ2v) is 8.34. The van der Waals surface area contributed by atoms with E-state index in [4.69, 9.17) is 16.9 Å². The summed E-state index contributed by atoms with van der Waals surface area (Å²) in [6.07, 6.45) is -11.5. The van der Waals surface area contributed by atoms with Crippen molar-refractivity contribution in [2.45, 2.75) is 30.4 Å². The van der Waals surface area contributed by atoms with Crippen LogP contribution < -0.4 is 5.01 Å². The largest absolute Gasteiger partial charge is 0.431 e. The molecule has 3 aromatic rings. The number of benzene rings is 2. The van der Waals surface area contributed by atoms with Gasteiger partial charge < -0.3 is 5.11 Å². The SMILES string of the molecule is N#Cc1ccc(-c2ccc(C3CC(C(O)(C(F)(F)F)C(F)(F)F)=NN3c3ccccc3Cl)cc2)cn1. The molecule has 0 bridgehead atoms. The number of hydrogen-bond acceptors (Lipinski definition) is 5. The van der Waals surface area contributed by atoms with E-state index < -0.39 is 36.1 Å². The van der Waals surface area contributed by atoms with Gasteiger partial charge in [-0.3, -0.25) is 5.01 Å². The van der Waals surface area contributed by atoms with Gasteiger partial charge in [-0.1, -0.05) is 48.0 Å². The standard InChI is InChI=1S/C24H15ClF6N4O/c25-18-3-1-2-4-19(18)35-20(11-21(34-35)22(36,23(26,27)28)24(29,30)31)15-7-5-14(6-8-15)16-9-10-17(12-32)33-13-16/h1-10,13,20,36H,11H2.